The van der Waals surface area contributed by atoms with E-state index in [-0.39, 0.29) is 18.0 Å². The van der Waals surface area contributed by atoms with Gasteiger partial charge in [0.1, 0.15) is 17.7 Å². The first-order valence-corrected chi connectivity index (χ1v) is 6.37. The first-order valence-electron chi connectivity index (χ1n) is 5.99. The van der Waals surface area contributed by atoms with Crippen LogP contribution in [0.2, 0.25) is 5.02 Å². The van der Waals surface area contributed by atoms with Gasteiger partial charge in [-0.3, -0.25) is 0 Å². The largest absolute Gasteiger partial charge is 0.489 e. The fraction of sp³-hybridized carbons (Fsp3) is 0.200. The van der Waals surface area contributed by atoms with Crippen molar-refractivity contribution in [1.82, 2.24) is 0 Å². The van der Waals surface area contributed by atoms with Crippen LogP contribution in [0.4, 0.5) is 4.39 Å². The zero-order valence-corrected chi connectivity index (χ0v) is 11.3. The number of rotatable bonds is 4. The third-order valence-electron chi connectivity index (χ3n) is 2.90. The lowest BCUT2D eigenvalue weighted by Gasteiger charge is -2.22. The average Bonchev–Trinajstić information content (AvgIpc) is 2.41. The molecule has 2 unspecified atom stereocenters. The van der Waals surface area contributed by atoms with Crippen molar-refractivity contribution in [3.63, 3.8) is 0 Å². The van der Waals surface area contributed by atoms with Crippen molar-refractivity contribution < 1.29 is 9.13 Å². The molecule has 0 aromatic heterocycles. The van der Waals surface area contributed by atoms with E-state index in [1.165, 1.54) is 12.1 Å². The van der Waals surface area contributed by atoms with Crippen LogP contribution in [0.15, 0.2) is 48.5 Å². The van der Waals surface area contributed by atoms with Crippen LogP contribution in [0.1, 0.15) is 18.5 Å². The molecule has 0 bridgehead atoms. The smallest absolute Gasteiger partial charge is 0.123 e. The average molecular weight is 280 g/mol. The molecule has 0 spiro atoms. The highest BCUT2D eigenvalue weighted by Gasteiger charge is 2.16. The fourth-order valence-electron chi connectivity index (χ4n) is 1.76. The maximum Gasteiger partial charge on any atom is 0.123 e. The lowest BCUT2D eigenvalue weighted by atomic mass is 10.0. The zero-order chi connectivity index (χ0) is 13.8. The number of halogens is 2. The summed E-state index contributed by atoms with van der Waals surface area (Å²) in [6.07, 6.45) is -0.230. The molecule has 0 aliphatic rings. The maximum atomic E-state index is 12.9. The van der Waals surface area contributed by atoms with Crippen LogP contribution in [0, 0.1) is 5.82 Å². The minimum Gasteiger partial charge on any atom is -0.489 e. The summed E-state index contributed by atoms with van der Waals surface area (Å²) in [5.41, 5.74) is 6.93. The Bertz CT molecular complexity index is 527. The highest BCUT2D eigenvalue weighted by atomic mass is 35.5. The van der Waals surface area contributed by atoms with E-state index in [1.807, 2.05) is 6.92 Å². The lowest BCUT2D eigenvalue weighted by Crippen LogP contribution is -2.28. The van der Waals surface area contributed by atoms with Crippen LogP contribution in [0.5, 0.6) is 5.75 Å². The summed E-state index contributed by atoms with van der Waals surface area (Å²) in [4.78, 5) is 0. The third-order valence-corrected chi connectivity index (χ3v) is 3.15. The Labute approximate surface area is 117 Å². The topological polar surface area (TPSA) is 35.2 Å². The maximum absolute atomic E-state index is 12.9. The monoisotopic (exact) mass is 279 g/mol. The molecule has 100 valence electrons. The standard InChI is InChI=1S/C15H15ClFNO/c1-10(19-14-8-4-12(16)5-9-14)15(18)11-2-6-13(17)7-3-11/h2-10,15H,18H2,1H3. The molecule has 19 heavy (non-hydrogen) atoms. The number of nitrogens with two attached hydrogens (primary N) is 1. The van der Waals surface area contributed by atoms with Gasteiger partial charge in [-0.1, -0.05) is 23.7 Å². The Hall–Kier alpha value is -1.58. The molecule has 0 saturated heterocycles. The van der Waals surface area contributed by atoms with E-state index in [1.54, 1.807) is 36.4 Å². The van der Waals surface area contributed by atoms with Crippen LogP contribution < -0.4 is 10.5 Å². The van der Waals surface area contributed by atoms with Crippen molar-refractivity contribution in [2.45, 2.75) is 19.1 Å². The van der Waals surface area contributed by atoms with Crippen molar-refractivity contribution in [1.29, 1.82) is 0 Å². The van der Waals surface area contributed by atoms with Gasteiger partial charge in [0, 0.05) is 5.02 Å². The number of ether oxygens (including phenoxy) is 1. The minimum atomic E-state index is -0.323. The highest BCUT2D eigenvalue weighted by Crippen LogP contribution is 2.22. The fourth-order valence-corrected chi connectivity index (χ4v) is 1.88. The second-order valence-corrected chi connectivity index (χ2v) is 4.79. The second-order valence-electron chi connectivity index (χ2n) is 4.35. The molecule has 2 aromatic rings. The predicted octanol–water partition coefficient (Wildman–Crippen LogP) is 3.95. The van der Waals surface area contributed by atoms with Crippen molar-refractivity contribution in [2.24, 2.45) is 5.73 Å². The molecule has 2 atom stereocenters. The van der Waals surface area contributed by atoms with E-state index in [0.29, 0.717) is 10.8 Å². The van der Waals surface area contributed by atoms with Gasteiger partial charge in [0.2, 0.25) is 0 Å². The van der Waals surface area contributed by atoms with Crippen LogP contribution >= 0.6 is 11.6 Å². The predicted molar refractivity (Wildman–Crippen MR) is 74.9 cm³/mol. The molecule has 0 radical (unpaired) electrons. The minimum absolute atomic E-state index is 0.230. The molecular formula is C15H15ClFNO. The van der Waals surface area contributed by atoms with Crippen molar-refractivity contribution in [3.05, 3.63) is 64.9 Å². The summed E-state index contributed by atoms with van der Waals surface area (Å²) in [5, 5.41) is 0.655. The summed E-state index contributed by atoms with van der Waals surface area (Å²) in [6.45, 7) is 1.88. The molecule has 2 rings (SSSR count). The van der Waals surface area contributed by atoms with Gasteiger partial charge in [-0.15, -0.1) is 0 Å². The van der Waals surface area contributed by atoms with Gasteiger partial charge in [0.05, 0.1) is 6.04 Å². The van der Waals surface area contributed by atoms with Crippen molar-refractivity contribution in [2.75, 3.05) is 0 Å². The van der Waals surface area contributed by atoms with Gasteiger partial charge in [0.15, 0.2) is 0 Å². The first-order chi connectivity index (χ1) is 9.06. The molecule has 4 heteroatoms. The number of hydrogen-bond donors (Lipinski definition) is 1. The number of benzene rings is 2. The van der Waals surface area contributed by atoms with Gasteiger partial charge < -0.3 is 10.5 Å². The van der Waals surface area contributed by atoms with E-state index >= 15 is 0 Å². The molecule has 2 N–H and O–H groups in total. The van der Waals surface area contributed by atoms with Crippen LogP contribution in [0.3, 0.4) is 0 Å². The van der Waals surface area contributed by atoms with E-state index in [2.05, 4.69) is 0 Å². The summed E-state index contributed by atoms with van der Waals surface area (Å²) >= 11 is 5.81. The summed E-state index contributed by atoms with van der Waals surface area (Å²) in [5.74, 6) is 0.427. The lowest BCUT2D eigenvalue weighted by molar-refractivity contribution is 0.190. The summed E-state index contributed by atoms with van der Waals surface area (Å²) < 4.78 is 18.6. The Morgan fingerprint density at radius 3 is 2.21 bits per heavy atom. The normalized spacial score (nSPS) is 13.9. The molecule has 0 heterocycles. The van der Waals surface area contributed by atoms with Gasteiger partial charge in [0.25, 0.3) is 0 Å². The van der Waals surface area contributed by atoms with E-state index < -0.39 is 0 Å². The van der Waals surface area contributed by atoms with Gasteiger partial charge >= 0.3 is 0 Å². The van der Waals surface area contributed by atoms with Crippen molar-refractivity contribution in [3.8, 4) is 5.75 Å². The third kappa shape index (κ3) is 3.69. The molecule has 0 aliphatic carbocycles. The first kappa shape index (κ1) is 13.8. The zero-order valence-electron chi connectivity index (χ0n) is 10.5. The second kappa shape index (κ2) is 6.04. The Kier molecular flexibility index (Phi) is 4.40. The van der Waals surface area contributed by atoms with E-state index in [9.17, 15) is 4.39 Å². The van der Waals surface area contributed by atoms with Crippen LogP contribution in [-0.2, 0) is 0 Å². The summed E-state index contributed by atoms with van der Waals surface area (Å²) in [7, 11) is 0. The van der Waals surface area contributed by atoms with Crippen LogP contribution in [-0.4, -0.2) is 6.10 Å². The van der Waals surface area contributed by atoms with E-state index in [0.717, 1.165) is 5.56 Å². The Balaban J connectivity index is 2.04. The molecule has 0 fully saturated rings. The molecule has 2 nitrogen and oxygen atoms in total. The molecular weight excluding hydrogens is 265 g/mol. The molecule has 0 aliphatic heterocycles. The number of hydrogen-bond acceptors (Lipinski definition) is 2. The molecule has 0 saturated carbocycles. The van der Waals surface area contributed by atoms with Gasteiger partial charge in [-0.05, 0) is 48.9 Å². The SMILES string of the molecule is CC(Oc1ccc(Cl)cc1)C(N)c1ccc(F)cc1. The van der Waals surface area contributed by atoms with Gasteiger partial charge in [-0.2, -0.15) is 0 Å². The summed E-state index contributed by atoms with van der Waals surface area (Å²) in [6, 6.07) is 12.9. The Morgan fingerprint density at radius 1 is 1.05 bits per heavy atom. The van der Waals surface area contributed by atoms with E-state index in [4.69, 9.17) is 22.1 Å². The Morgan fingerprint density at radius 2 is 1.63 bits per heavy atom. The van der Waals surface area contributed by atoms with Crippen LogP contribution in [0.25, 0.3) is 0 Å². The highest BCUT2D eigenvalue weighted by molar-refractivity contribution is 6.30. The molecule has 0 amide bonds. The van der Waals surface area contributed by atoms with Gasteiger partial charge in [-0.25, -0.2) is 4.39 Å². The quantitative estimate of drug-likeness (QED) is 0.920. The molecule has 2 aromatic carbocycles. The van der Waals surface area contributed by atoms with Crippen molar-refractivity contribution >= 4 is 11.6 Å².